The third kappa shape index (κ3) is 3.97. The van der Waals surface area contributed by atoms with Crippen molar-refractivity contribution in [1.29, 1.82) is 0 Å². The Balaban J connectivity index is 0.00000161. The monoisotopic (exact) mass is 330 g/mol. The van der Waals surface area contributed by atoms with E-state index in [-0.39, 0.29) is 12.4 Å². The van der Waals surface area contributed by atoms with Crippen LogP contribution >= 0.6 is 12.4 Å². The zero-order chi connectivity index (χ0) is 14.0. The number of fused-ring (bicyclic) bond motifs is 1. The fraction of sp³-hybridized carbons (Fsp3) is 0.600. The highest BCUT2D eigenvalue weighted by Crippen LogP contribution is 2.24. The SMILES string of the molecule is Cl.O=S(=O)(NCCC1CCNC1)c1ccc2c(c1)CCC2. The molecule has 118 valence electrons. The van der Waals surface area contributed by atoms with Crippen molar-refractivity contribution < 1.29 is 8.42 Å². The van der Waals surface area contributed by atoms with E-state index in [0.29, 0.717) is 17.4 Å². The fourth-order valence-electron chi connectivity index (χ4n) is 3.16. The first-order valence-electron chi connectivity index (χ1n) is 7.47. The van der Waals surface area contributed by atoms with Crippen molar-refractivity contribution in [1.82, 2.24) is 10.0 Å². The minimum absolute atomic E-state index is 0. The first-order valence-corrected chi connectivity index (χ1v) is 8.96. The normalized spacial score (nSPS) is 21.0. The van der Waals surface area contributed by atoms with Gasteiger partial charge in [0, 0.05) is 6.54 Å². The van der Waals surface area contributed by atoms with Gasteiger partial charge in [0.05, 0.1) is 4.90 Å². The number of rotatable bonds is 5. The highest BCUT2D eigenvalue weighted by molar-refractivity contribution is 7.89. The summed E-state index contributed by atoms with van der Waals surface area (Å²) >= 11 is 0. The average molecular weight is 331 g/mol. The summed E-state index contributed by atoms with van der Waals surface area (Å²) in [7, 11) is -3.34. The predicted molar refractivity (Wildman–Crippen MR) is 86.5 cm³/mol. The molecule has 0 spiro atoms. The van der Waals surface area contributed by atoms with Crippen molar-refractivity contribution in [3.63, 3.8) is 0 Å². The minimum atomic E-state index is -3.34. The highest BCUT2D eigenvalue weighted by Gasteiger charge is 2.19. The van der Waals surface area contributed by atoms with Gasteiger partial charge in [0.15, 0.2) is 0 Å². The number of aryl methyl sites for hydroxylation is 2. The van der Waals surface area contributed by atoms with Crippen LogP contribution in [-0.4, -0.2) is 28.1 Å². The van der Waals surface area contributed by atoms with E-state index in [9.17, 15) is 8.42 Å². The summed E-state index contributed by atoms with van der Waals surface area (Å²) in [6, 6.07) is 5.56. The lowest BCUT2D eigenvalue weighted by Gasteiger charge is -2.11. The lowest BCUT2D eigenvalue weighted by Crippen LogP contribution is -2.26. The van der Waals surface area contributed by atoms with E-state index >= 15 is 0 Å². The number of sulfonamides is 1. The van der Waals surface area contributed by atoms with Gasteiger partial charge in [-0.25, -0.2) is 13.1 Å². The van der Waals surface area contributed by atoms with Crippen molar-refractivity contribution in [2.75, 3.05) is 19.6 Å². The molecule has 1 fully saturated rings. The Kier molecular flexibility index (Phi) is 5.66. The van der Waals surface area contributed by atoms with Crippen LogP contribution in [0.3, 0.4) is 0 Å². The van der Waals surface area contributed by atoms with E-state index < -0.39 is 10.0 Å². The van der Waals surface area contributed by atoms with Crippen LogP contribution in [0.25, 0.3) is 0 Å². The molecule has 1 heterocycles. The first kappa shape index (κ1) is 16.7. The Morgan fingerprint density at radius 3 is 2.81 bits per heavy atom. The van der Waals surface area contributed by atoms with E-state index in [1.807, 2.05) is 12.1 Å². The zero-order valence-corrected chi connectivity index (χ0v) is 13.7. The molecule has 2 aliphatic rings. The quantitative estimate of drug-likeness (QED) is 0.866. The van der Waals surface area contributed by atoms with Crippen LogP contribution in [0.2, 0.25) is 0 Å². The molecule has 2 N–H and O–H groups in total. The van der Waals surface area contributed by atoms with E-state index in [2.05, 4.69) is 10.0 Å². The van der Waals surface area contributed by atoms with E-state index in [1.165, 1.54) is 11.1 Å². The van der Waals surface area contributed by atoms with Gasteiger partial charge in [0.2, 0.25) is 10.0 Å². The van der Waals surface area contributed by atoms with Gasteiger partial charge in [-0.1, -0.05) is 6.07 Å². The summed E-state index contributed by atoms with van der Waals surface area (Å²) < 4.78 is 27.3. The van der Waals surface area contributed by atoms with Gasteiger partial charge < -0.3 is 5.32 Å². The smallest absolute Gasteiger partial charge is 0.240 e. The number of nitrogens with one attached hydrogen (secondary N) is 2. The summed E-state index contributed by atoms with van der Waals surface area (Å²) in [4.78, 5) is 0.419. The van der Waals surface area contributed by atoms with Gasteiger partial charge in [-0.2, -0.15) is 0 Å². The number of hydrogen-bond donors (Lipinski definition) is 2. The van der Waals surface area contributed by atoms with Gasteiger partial charge in [0.25, 0.3) is 0 Å². The molecule has 0 radical (unpaired) electrons. The van der Waals surface area contributed by atoms with E-state index in [0.717, 1.165) is 45.2 Å². The van der Waals surface area contributed by atoms with Crippen LogP contribution in [0.15, 0.2) is 23.1 Å². The van der Waals surface area contributed by atoms with E-state index in [1.54, 1.807) is 6.07 Å². The maximum atomic E-state index is 12.3. The molecular formula is C15H23ClN2O2S. The Bertz CT molecular complexity index is 583. The second-order valence-corrected chi connectivity index (χ2v) is 7.60. The Morgan fingerprint density at radius 1 is 1.24 bits per heavy atom. The molecule has 6 heteroatoms. The summed E-state index contributed by atoms with van der Waals surface area (Å²) in [5.74, 6) is 0.609. The molecule has 1 saturated heterocycles. The second-order valence-electron chi connectivity index (χ2n) is 5.83. The van der Waals surface area contributed by atoms with Gasteiger partial charge in [-0.3, -0.25) is 0 Å². The van der Waals surface area contributed by atoms with Crippen LogP contribution < -0.4 is 10.0 Å². The number of benzene rings is 1. The summed E-state index contributed by atoms with van der Waals surface area (Å²) in [6.07, 6.45) is 5.29. The minimum Gasteiger partial charge on any atom is -0.316 e. The molecule has 1 aliphatic carbocycles. The molecule has 0 bridgehead atoms. The van der Waals surface area contributed by atoms with Crippen LogP contribution in [0.1, 0.15) is 30.4 Å². The van der Waals surface area contributed by atoms with Crippen LogP contribution in [0, 0.1) is 5.92 Å². The van der Waals surface area contributed by atoms with Crippen molar-refractivity contribution in [3.05, 3.63) is 29.3 Å². The Morgan fingerprint density at radius 2 is 2.05 bits per heavy atom. The third-order valence-corrected chi connectivity index (χ3v) is 5.85. The molecule has 21 heavy (non-hydrogen) atoms. The molecule has 1 aromatic carbocycles. The third-order valence-electron chi connectivity index (χ3n) is 4.39. The summed E-state index contributed by atoms with van der Waals surface area (Å²) in [5.41, 5.74) is 2.51. The van der Waals surface area contributed by atoms with Crippen LogP contribution in [-0.2, 0) is 22.9 Å². The van der Waals surface area contributed by atoms with E-state index in [4.69, 9.17) is 0 Å². The van der Waals surface area contributed by atoms with Crippen molar-refractivity contribution in [2.45, 2.75) is 37.0 Å². The predicted octanol–water partition coefficient (Wildman–Crippen LogP) is 1.87. The zero-order valence-electron chi connectivity index (χ0n) is 12.1. The van der Waals surface area contributed by atoms with Crippen LogP contribution in [0.4, 0.5) is 0 Å². The lowest BCUT2D eigenvalue weighted by atomic mass is 10.1. The molecule has 3 rings (SSSR count). The topological polar surface area (TPSA) is 58.2 Å². The molecule has 0 saturated carbocycles. The molecule has 0 amide bonds. The Labute approximate surface area is 133 Å². The highest BCUT2D eigenvalue weighted by atomic mass is 35.5. The molecule has 1 unspecified atom stereocenters. The molecular weight excluding hydrogens is 308 g/mol. The first-order chi connectivity index (χ1) is 9.65. The number of hydrogen-bond acceptors (Lipinski definition) is 3. The molecule has 4 nitrogen and oxygen atoms in total. The van der Waals surface area contributed by atoms with Crippen molar-refractivity contribution in [3.8, 4) is 0 Å². The van der Waals surface area contributed by atoms with Gasteiger partial charge >= 0.3 is 0 Å². The number of halogens is 1. The standard InChI is InChI=1S/C15H22N2O2S.ClH/c18-20(19,17-9-7-12-6-8-16-11-12)15-5-4-13-2-1-3-14(13)10-15;/h4-5,10,12,16-17H,1-3,6-9,11H2;1H. The maximum Gasteiger partial charge on any atom is 0.240 e. The van der Waals surface area contributed by atoms with Gasteiger partial charge in [0.1, 0.15) is 0 Å². The van der Waals surface area contributed by atoms with Crippen molar-refractivity contribution in [2.24, 2.45) is 5.92 Å². The van der Waals surface area contributed by atoms with Gasteiger partial charge in [-0.15, -0.1) is 12.4 Å². The fourth-order valence-corrected chi connectivity index (χ4v) is 4.25. The van der Waals surface area contributed by atoms with Crippen molar-refractivity contribution >= 4 is 22.4 Å². The summed E-state index contributed by atoms with van der Waals surface area (Å²) in [6.45, 7) is 2.61. The molecule has 1 atom stereocenters. The largest absolute Gasteiger partial charge is 0.316 e. The second kappa shape index (κ2) is 7.09. The summed E-state index contributed by atoms with van der Waals surface area (Å²) in [5, 5.41) is 3.30. The maximum absolute atomic E-state index is 12.3. The molecule has 1 aromatic rings. The average Bonchev–Trinajstić information content (AvgIpc) is 3.08. The Hall–Kier alpha value is -0.620. The lowest BCUT2D eigenvalue weighted by molar-refractivity contribution is 0.519. The molecule has 1 aliphatic heterocycles. The van der Waals surface area contributed by atoms with Crippen LogP contribution in [0.5, 0.6) is 0 Å². The van der Waals surface area contributed by atoms with Gasteiger partial charge in [-0.05, 0) is 74.4 Å². The molecule has 0 aromatic heterocycles.